The van der Waals surface area contributed by atoms with Crippen molar-refractivity contribution in [1.82, 2.24) is 10.6 Å². The molecule has 0 radical (unpaired) electrons. The molecule has 3 aromatic carbocycles. The zero-order valence-electron chi connectivity index (χ0n) is 27.7. The van der Waals surface area contributed by atoms with Crippen molar-refractivity contribution in [3.63, 3.8) is 0 Å². The summed E-state index contributed by atoms with van der Waals surface area (Å²) < 4.78 is 27.9. The molecule has 0 saturated carbocycles. The zero-order valence-corrected chi connectivity index (χ0v) is 27.7. The molecule has 11 heteroatoms. The SMILES string of the molecule is COc1ccc(C(NC(=O)CNc2ccc3c(cc2=O)C(NC(C)=O)CCc2cc(OC)c(OC)c(OC)c2-3)C(C)C)cc1OC. The Hall–Kier alpha value is -4.93. The first kappa shape index (κ1) is 34.0. The molecule has 0 fully saturated rings. The zero-order chi connectivity index (χ0) is 33.5. The van der Waals surface area contributed by atoms with Crippen molar-refractivity contribution in [3.8, 4) is 39.9 Å². The fourth-order valence-corrected chi connectivity index (χ4v) is 5.93. The van der Waals surface area contributed by atoms with Gasteiger partial charge >= 0.3 is 0 Å². The van der Waals surface area contributed by atoms with Gasteiger partial charge in [0.1, 0.15) is 0 Å². The summed E-state index contributed by atoms with van der Waals surface area (Å²) in [4.78, 5) is 39.0. The fourth-order valence-electron chi connectivity index (χ4n) is 5.93. The third-order valence-electron chi connectivity index (χ3n) is 8.11. The lowest BCUT2D eigenvalue weighted by Gasteiger charge is -2.24. The highest BCUT2D eigenvalue weighted by Crippen LogP contribution is 2.50. The number of hydrogen-bond donors (Lipinski definition) is 3. The average molecular weight is 634 g/mol. The second-order valence-electron chi connectivity index (χ2n) is 11.4. The van der Waals surface area contributed by atoms with E-state index in [0.29, 0.717) is 52.7 Å². The van der Waals surface area contributed by atoms with E-state index in [9.17, 15) is 14.4 Å². The third kappa shape index (κ3) is 7.14. The van der Waals surface area contributed by atoms with Crippen molar-refractivity contribution < 1.29 is 33.3 Å². The number of amides is 2. The lowest BCUT2D eigenvalue weighted by molar-refractivity contribution is -0.121. The summed E-state index contributed by atoms with van der Waals surface area (Å²) >= 11 is 0. The number of carbonyl (C=O) groups excluding carboxylic acids is 2. The molecule has 0 bridgehead atoms. The van der Waals surface area contributed by atoms with Crippen LogP contribution in [0.5, 0.6) is 28.7 Å². The molecule has 46 heavy (non-hydrogen) atoms. The summed E-state index contributed by atoms with van der Waals surface area (Å²) in [5.74, 6) is 2.13. The van der Waals surface area contributed by atoms with Gasteiger partial charge in [-0.05, 0) is 71.3 Å². The Kier molecular flexibility index (Phi) is 11.0. The molecule has 3 N–H and O–H groups in total. The van der Waals surface area contributed by atoms with Crippen LogP contribution in [0.1, 0.15) is 56.0 Å². The quantitative estimate of drug-likeness (QED) is 0.257. The predicted octanol–water partition coefficient (Wildman–Crippen LogP) is 4.81. The van der Waals surface area contributed by atoms with Crippen LogP contribution in [0.4, 0.5) is 5.69 Å². The lowest BCUT2D eigenvalue weighted by atomic mass is 9.95. The largest absolute Gasteiger partial charge is 0.493 e. The number of ether oxygens (including phenoxy) is 5. The van der Waals surface area contributed by atoms with Crippen molar-refractivity contribution in [1.29, 1.82) is 0 Å². The maximum absolute atomic E-state index is 13.6. The van der Waals surface area contributed by atoms with Crippen LogP contribution >= 0.6 is 0 Å². The predicted molar refractivity (Wildman–Crippen MR) is 176 cm³/mol. The van der Waals surface area contributed by atoms with Crippen LogP contribution < -0.4 is 45.1 Å². The van der Waals surface area contributed by atoms with Gasteiger partial charge in [0.05, 0.1) is 59.9 Å². The Morgan fingerprint density at radius 1 is 0.848 bits per heavy atom. The first-order chi connectivity index (χ1) is 22.1. The molecule has 0 aliphatic heterocycles. The smallest absolute Gasteiger partial charge is 0.239 e. The summed E-state index contributed by atoms with van der Waals surface area (Å²) in [6.45, 7) is 5.33. The van der Waals surface area contributed by atoms with Crippen LogP contribution in [0.25, 0.3) is 11.1 Å². The summed E-state index contributed by atoms with van der Waals surface area (Å²) in [5, 5.41) is 9.10. The van der Waals surface area contributed by atoms with E-state index in [0.717, 1.165) is 16.7 Å². The van der Waals surface area contributed by atoms with E-state index in [4.69, 9.17) is 23.7 Å². The summed E-state index contributed by atoms with van der Waals surface area (Å²) in [6.07, 6.45) is 1.13. The standard InChI is InChI=1S/C35H43N3O8/c1-19(2)33(22-10-14-28(42-4)29(16-22)43-5)38-31(41)18-36-26-13-11-23-24(17-27(26)40)25(37-20(3)39)12-9-21-15-30(44-6)34(45-7)35(46-8)32(21)23/h10-11,13-17,19,25,33H,9,12,18H2,1-8H3,(H,36,40)(H,37,39)(H,38,41). The number of carbonyl (C=O) groups is 2. The number of benzene rings is 2. The van der Waals surface area contributed by atoms with E-state index in [1.807, 2.05) is 38.1 Å². The number of aryl methyl sites for hydroxylation is 1. The van der Waals surface area contributed by atoms with E-state index in [1.165, 1.54) is 20.1 Å². The second kappa shape index (κ2) is 14.9. The minimum atomic E-state index is -0.439. The number of nitrogens with one attached hydrogen (secondary N) is 3. The molecule has 4 rings (SSSR count). The van der Waals surface area contributed by atoms with Gasteiger partial charge in [-0.15, -0.1) is 0 Å². The highest BCUT2D eigenvalue weighted by Gasteiger charge is 2.29. The normalized spacial score (nSPS) is 14.2. The molecule has 2 amide bonds. The highest BCUT2D eigenvalue weighted by molar-refractivity contribution is 5.84. The van der Waals surface area contributed by atoms with E-state index >= 15 is 0 Å². The molecule has 0 spiro atoms. The van der Waals surface area contributed by atoms with Crippen molar-refractivity contribution >= 4 is 17.5 Å². The molecule has 1 aliphatic rings. The van der Waals surface area contributed by atoms with Crippen LogP contribution in [-0.2, 0) is 16.0 Å². The molecule has 0 saturated heterocycles. The third-order valence-corrected chi connectivity index (χ3v) is 8.11. The lowest BCUT2D eigenvalue weighted by Crippen LogP contribution is -2.36. The molecule has 1 aliphatic carbocycles. The van der Waals surface area contributed by atoms with E-state index < -0.39 is 6.04 Å². The maximum atomic E-state index is 13.6. The summed E-state index contributed by atoms with van der Waals surface area (Å²) in [5.41, 5.74) is 3.78. The fraction of sp³-hybridized carbons (Fsp3) is 0.400. The van der Waals surface area contributed by atoms with Crippen LogP contribution in [0.2, 0.25) is 0 Å². The van der Waals surface area contributed by atoms with Gasteiger partial charge in [0.25, 0.3) is 0 Å². The van der Waals surface area contributed by atoms with Gasteiger partial charge < -0.3 is 39.6 Å². The molecule has 11 nitrogen and oxygen atoms in total. The molecule has 0 heterocycles. The highest BCUT2D eigenvalue weighted by atomic mass is 16.5. The van der Waals surface area contributed by atoms with Gasteiger partial charge in [-0.3, -0.25) is 14.4 Å². The van der Waals surface area contributed by atoms with E-state index in [-0.39, 0.29) is 41.4 Å². The van der Waals surface area contributed by atoms with Crippen molar-refractivity contribution in [2.45, 2.75) is 45.7 Å². The number of methoxy groups -OCH3 is 5. The molecule has 0 aromatic heterocycles. The molecule has 3 aromatic rings. The van der Waals surface area contributed by atoms with Gasteiger partial charge in [0, 0.05) is 12.5 Å². The van der Waals surface area contributed by atoms with Crippen molar-refractivity contribution in [2.24, 2.45) is 5.92 Å². The van der Waals surface area contributed by atoms with Crippen LogP contribution in [0.15, 0.2) is 47.3 Å². The van der Waals surface area contributed by atoms with Gasteiger partial charge in [0.15, 0.2) is 23.0 Å². The number of rotatable bonds is 12. The van der Waals surface area contributed by atoms with Crippen molar-refractivity contribution in [3.05, 3.63) is 69.4 Å². The Bertz CT molecular complexity index is 1660. The molecule has 2 unspecified atom stereocenters. The molecular formula is C35H43N3O8. The first-order valence-corrected chi connectivity index (χ1v) is 15.1. The topological polar surface area (TPSA) is 133 Å². The summed E-state index contributed by atoms with van der Waals surface area (Å²) in [6, 6.07) is 11.7. The maximum Gasteiger partial charge on any atom is 0.239 e. The molecule has 246 valence electrons. The van der Waals surface area contributed by atoms with Gasteiger partial charge in [0.2, 0.25) is 23.0 Å². The van der Waals surface area contributed by atoms with Crippen LogP contribution in [0, 0.1) is 5.92 Å². The summed E-state index contributed by atoms with van der Waals surface area (Å²) in [7, 11) is 7.78. The van der Waals surface area contributed by atoms with Gasteiger partial charge in [-0.2, -0.15) is 0 Å². The van der Waals surface area contributed by atoms with Gasteiger partial charge in [-0.25, -0.2) is 0 Å². The minimum Gasteiger partial charge on any atom is -0.493 e. The number of anilines is 1. The number of hydrogen-bond acceptors (Lipinski definition) is 9. The first-order valence-electron chi connectivity index (χ1n) is 15.1. The minimum absolute atomic E-state index is 0.0682. The monoisotopic (exact) mass is 633 g/mol. The Morgan fingerprint density at radius 3 is 2.15 bits per heavy atom. The average Bonchev–Trinajstić information content (AvgIpc) is 3.29. The van der Waals surface area contributed by atoms with E-state index in [1.54, 1.807) is 40.6 Å². The Morgan fingerprint density at radius 2 is 1.54 bits per heavy atom. The number of fused-ring (bicyclic) bond motifs is 3. The van der Waals surface area contributed by atoms with Crippen molar-refractivity contribution in [2.75, 3.05) is 47.4 Å². The van der Waals surface area contributed by atoms with E-state index in [2.05, 4.69) is 16.0 Å². The molecular weight excluding hydrogens is 590 g/mol. The molecule has 2 atom stereocenters. The van der Waals surface area contributed by atoms with Crippen LogP contribution in [-0.4, -0.2) is 53.9 Å². The second-order valence-corrected chi connectivity index (χ2v) is 11.4. The van der Waals surface area contributed by atoms with Crippen LogP contribution in [0.3, 0.4) is 0 Å². The Balaban J connectivity index is 1.69. The Labute approximate surface area is 269 Å². The van der Waals surface area contributed by atoms with Gasteiger partial charge in [-0.1, -0.05) is 26.0 Å².